The molecule has 0 amide bonds. The highest BCUT2D eigenvalue weighted by atomic mass is 16.7. The van der Waals surface area contributed by atoms with E-state index in [0.29, 0.717) is 11.5 Å². The maximum Gasteiger partial charge on any atom is 0.351 e. The van der Waals surface area contributed by atoms with Crippen molar-refractivity contribution in [2.75, 3.05) is 20.8 Å². The van der Waals surface area contributed by atoms with E-state index in [1.807, 2.05) is 20.8 Å². The van der Waals surface area contributed by atoms with Crippen molar-refractivity contribution >= 4 is 5.97 Å². The van der Waals surface area contributed by atoms with E-state index in [1.165, 1.54) is 0 Å². The molecule has 0 spiro atoms. The van der Waals surface area contributed by atoms with Crippen molar-refractivity contribution in [3.05, 3.63) is 23.8 Å². The van der Waals surface area contributed by atoms with E-state index in [4.69, 9.17) is 23.7 Å². The second-order valence-corrected chi connectivity index (χ2v) is 5.96. The zero-order chi connectivity index (χ0) is 16.3. The summed E-state index contributed by atoms with van der Waals surface area (Å²) in [5, 5.41) is 0. The smallest absolute Gasteiger partial charge is 0.351 e. The largest absolute Gasteiger partial charge is 0.485 e. The molecule has 0 radical (unpaired) electrons. The Balaban J connectivity index is 2.10. The zero-order valence-electron chi connectivity index (χ0n) is 13.5. The maximum atomic E-state index is 12.0. The van der Waals surface area contributed by atoms with E-state index in [0.717, 1.165) is 5.56 Å². The Bertz CT molecular complexity index is 530. The van der Waals surface area contributed by atoms with Crippen LogP contribution in [-0.4, -0.2) is 38.5 Å². The number of fused-ring (bicyclic) bond motifs is 1. The van der Waals surface area contributed by atoms with Gasteiger partial charge < -0.3 is 23.7 Å². The molecule has 1 unspecified atom stereocenters. The van der Waals surface area contributed by atoms with Gasteiger partial charge in [0.15, 0.2) is 17.8 Å². The Hall–Kier alpha value is -1.79. The molecule has 1 heterocycles. The monoisotopic (exact) mass is 310 g/mol. The van der Waals surface area contributed by atoms with Crippen molar-refractivity contribution in [3.8, 4) is 11.5 Å². The Morgan fingerprint density at radius 2 is 1.91 bits per heavy atom. The van der Waals surface area contributed by atoms with Crippen molar-refractivity contribution < 1.29 is 28.5 Å². The number of benzene rings is 1. The minimum atomic E-state index is -0.766. The highest BCUT2D eigenvalue weighted by molar-refractivity contribution is 5.76. The average molecular weight is 310 g/mol. The summed E-state index contributed by atoms with van der Waals surface area (Å²) in [5.41, 5.74) is 0.248. The number of methoxy groups -OCH3 is 2. The number of hydrogen-bond donors (Lipinski definition) is 0. The lowest BCUT2D eigenvalue weighted by Crippen LogP contribution is -2.41. The molecular weight excluding hydrogens is 288 g/mol. The molecule has 6 nitrogen and oxygen atoms in total. The van der Waals surface area contributed by atoms with Gasteiger partial charge in [-0.2, -0.15) is 0 Å². The molecule has 1 aliphatic heterocycles. The topological polar surface area (TPSA) is 63.2 Å². The molecule has 1 aromatic carbocycles. The second kappa shape index (κ2) is 6.54. The summed E-state index contributed by atoms with van der Waals surface area (Å²) >= 11 is 0. The van der Waals surface area contributed by atoms with Gasteiger partial charge in [-0.25, -0.2) is 4.79 Å². The summed E-state index contributed by atoms with van der Waals surface area (Å²) in [6.45, 7) is 5.54. The predicted molar refractivity (Wildman–Crippen MR) is 79.0 cm³/mol. The van der Waals surface area contributed by atoms with Gasteiger partial charge in [-0.1, -0.05) is 6.07 Å². The molecule has 0 saturated carbocycles. The lowest BCUT2D eigenvalue weighted by Gasteiger charge is -2.28. The summed E-state index contributed by atoms with van der Waals surface area (Å²) in [7, 11) is 3.12. The molecule has 0 aliphatic carbocycles. The third-order valence-electron chi connectivity index (χ3n) is 3.00. The van der Waals surface area contributed by atoms with Crippen LogP contribution in [-0.2, 0) is 19.0 Å². The summed E-state index contributed by atoms with van der Waals surface area (Å²) in [4.78, 5) is 12.0. The fraction of sp³-hybridized carbons (Fsp3) is 0.562. The van der Waals surface area contributed by atoms with Gasteiger partial charge in [-0.15, -0.1) is 0 Å². The average Bonchev–Trinajstić information content (AvgIpc) is 2.46. The Morgan fingerprint density at radius 1 is 1.23 bits per heavy atom. The molecule has 1 atom stereocenters. The molecular formula is C16H22O6. The Kier molecular flexibility index (Phi) is 4.93. The highest BCUT2D eigenvalue weighted by Gasteiger charge is 2.32. The number of rotatable bonds is 4. The van der Waals surface area contributed by atoms with E-state index >= 15 is 0 Å². The van der Waals surface area contributed by atoms with E-state index in [1.54, 1.807) is 32.4 Å². The fourth-order valence-electron chi connectivity index (χ4n) is 2.09. The van der Waals surface area contributed by atoms with Crippen LogP contribution in [0.4, 0.5) is 0 Å². The number of carbonyl (C=O) groups excluding carboxylic acids is 1. The fourth-order valence-corrected chi connectivity index (χ4v) is 2.09. The number of esters is 1. The SMILES string of the molecule is COC(OC)c1ccc2c(c1)OCC(C(=O)OC(C)(C)C)O2. The summed E-state index contributed by atoms with van der Waals surface area (Å²) in [5.74, 6) is 0.613. The minimum absolute atomic E-state index is 0.107. The van der Waals surface area contributed by atoms with E-state index in [2.05, 4.69) is 0 Å². The number of hydrogen-bond acceptors (Lipinski definition) is 6. The van der Waals surface area contributed by atoms with Gasteiger partial charge >= 0.3 is 5.97 Å². The highest BCUT2D eigenvalue weighted by Crippen LogP contribution is 2.35. The molecule has 0 fully saturated rings. The van der Waals surface area contributed by atoms with Gasteiger partial charge in [0.2, 0.25) is 6.10 Å². The van der Waals surface area contributed by atoms with Gasteiger partial charge in [0.05, 0.1) is 0 Å². The first-order valence-corrected chi connectivity index (χ1v) is 7.06. The van der Waals surface area contributed by atoms with Crippen LogP contribution >= 0.6 is 0 Å². The lowest BCUT2D eigenvalue weighted by atomic mass is 10.1. The van der Waals surface area contributed by atoms with Crippen LogP contribution in [0.15, 0.2) is 18.2 Å². The van der Waals surface area contributed by atoms with E-state index < -0.39 is 24.0 Å². The summed E-state index contributed by atoms with van der Waals surface area (Å²) < 4.78 is 27.0. The van der Waals surface area contributed by atoms with Crippen LogP contribution in [0.2, 0.25) is 0 Å². The molecule has 0 saturated heterocycles. The molecule has 122 valence electrons. The van der Waals surface area contributed by atoms with Crippen LogP contribution in [0.3, 0.4) is 0 Å². The van der Waals surface area contributed by atoms with Crippen molar-refractivity contribution in [2.45, 2.75) is 38.8 Å². The van der Waals surface area contributed by atoms with Gasteiger partial charge in [-0.05, 0) is 32.9 Å². The molecule has 0 bridgehead atoms. The van der Waals surface area contributed by atoms with Crippen molar-refractivity contribution in [2.24, 2.45) is 0 Å². The van der Waals surface area contributed by atoms with Gasteiger partial charge in [0.1, 0.15) is 12.2 Å². The molecule has 1 aliphatic rings. The lowest BCUT2D eigenvalue weighted by molar-refractivity contribution is -0.165. The minimum Gasteiger partial charge on any atom is -0.485 e. The predicted octanol–water partition coefficient (Wildman–Crippen LogP) is 2.46. The van der Waals surface area contributed by atoms with Crippen LogP contribution in [0.5, 0.6) is 11.5 Å². The standard InChI is InChI=1S/C16H22O6/c1-16(2,3)22-14(17)13-9-20-12-8-10(15(18-4)19-5)6-7-11(12)21-13/h6-8,13,15H,9H2,1-5H3. The van der Waals surface area contributed by atoms with E-state index in [9.17, 15) is 4.79 Å². The molecule has 22 heavy (non-hydrogen) atoms. The molecule has 0 aromatic heterocycles. The first-order valence-electron chi connectivity index (χ1n) is 7.06. The molecule has 1 aromatic rings. The first-order chi connectivity index (χ1) is 10.3. The maximum absolute atomic E-state index is 12.0. The zero-order valence-corrected chi connectivity index (χ0v) is 13.5. The second-order valence-electron chi connectivity index (χ2n) is 5.96. The van der Waals surface area contributed by atoms with Crippen LogP contribution in [0.25, 0.3) is 0 Å². The third-order valence-corrected chi connectivity index (χ3v) is 3.00. The first kappa shape index (κ1) is 16.6. The third kappa shape index (κ3) is 3.90. The Labute approximate surface area is 130 Å². The Morgan fingerprint density at radius 3 is 2.50 bits per heavy atom. The molecule has 0 N–H and O–H groups in total. The van der Waals surface area contributed by atoms with Gasteiger partial charge in [-0.3, -0.25) is 0 Å². The summed E-state index contributed by atoms with van der Waals surface area (Å²) in [6.07, 6.45) is -1.24. The molecule has 2 rings (SSSR count). The molecule has 6 heteroatoms. The van der Waals surface area contributed by atoms with Crippen LogP contribution < -0.4 is 9.47 Å². The number of carbonyl (C=O) groups is 1. The number of ether oxygens (including phenoxy) is 5. The van der Waals surface area contributed by atoms with Crippen LogP contribution in [0, 0.1) is 0 Å². The van der Waals surface area contributed by atoms with Crippen molar-refractivity contribution in [3.63, 3.8) is 0 Å². The van der Waals surface area contributed by atoms with Crippen molar-refractivity contribution in [1.29, 1.82) is 0 Å². The van der Waals surface area contributed by atoms with Crippen molar-refractivity contribution in [1.82, 2.24) is 0 Å². The van der Waals surface area contributed by atoms with Gasteiger partial charge in [0.25, 0.3) is 0 Å². The van der Waals surface area contributed by atoms with Crippen LogP contribution in [0.1, 0.15) is 32.6 Å². The van der Waals surface area contributed by atoms with E-state index in [-0.39, 0.29) is 6.61 Å². The van der Waals surface area contributed by atoms with Gasteiger partial charge in [0, 0.05) is 19.8 Å². The summed E-state index contributed by atoms with van der Waals surface area (Å²) in [6, 6.07) is 5.31. The quantitative estimate of drug-likeness (QED) is 0.629. The normalized spacial score (nSPS) is 17.5.